The van der Waals surface area contributed by atoms with E-state index in [1.165, 1.54) is 0 Å². The predicted octanol–water partition coefficient (Wildman–Crippen LogP) is 3.04. The lowest BCUT2D eigenvalue weighted by atomic mass is 10.0. The fourth-order valence-corrected chi connectivity index (χ4v) is 2.95. The summed E-state index contributed by atoms with van der Waals surface area (Å²) in [5.74, 6) is -1.58. The number of carbonyl (C=O) groups is 2. The van der Waals surface area contributed by atoms with Gasteiger partial charge in [-0.1, -0.05) is 17.7 Å². The van der Waals surface area contributed by atoms with Crippen LogP contribution < -0.4 is 0 Å². The zero-order valence-electron chi connectivity index (χ0n) is 10.3. The zero-order valence-corrected chi connectivity index (χ0v) is 12.6. The summed E-state index contributed by atoms with van der Waals surface area (Å²) in [5.41, 5.74) is 0.397. The summed E-state index contributed by atoms with van der Waals surface area (Å²) < 4.78 is 0.654. The summed E-state index contributed by atoms with van der Waals surface area (Å²) in [5, 5.41) is 9.44. The van der Waals surface area contributed by atoms with Crippen LogP contribution in [0.25, 0.3) is 0 Å². The largest absolute Gasteiger partial charge is 0.481 e. The van der Waals surface area contributed by atoms with Gasteiger partial charge in [-0.2, -0.15) is 0 Å². The third kappa shape index (κ3) is 2.62. The van der Waals surface area contributed by atoms with Crippen LogP contribution in [0.4, 0.5) is 0 Å². The van der Waals surface area contributed by atoms with Gasteiger partial charge in [0.15, 0.2) is 0 Å². The molecule has 0 aliphatic carbocycles. The van der Waals surface area contributed by atoms with Crippen LogP contribution in [0, 0.1) is 5.92 Å². The van der Waals surface area contributed by atoms with Crippen molar-refractivity contribution in [2.45, 2.75) is 19.4 Å². The highest BCUT2D eigenvalue weighted by Crippen LogP contribution is 2.31. The summed E-state index contributed by atoms with van der Waals surface area (Å²) in [6, 6.07) is 4.82. The Morgan fingerprint density at radius 1 is 1.47 bits per heavy atom. The van der Waals surface area contributed by atoms with Gasteiger partial charge >= 0.3 is 5.97 Å². The van der Waals surface area contributed by atoms with Crippen molar-refractivity contribution >= 4 is 39.4 Å². The number of carboxylic acids is 1. The Morgan fingerprint density at radius 3 is 2.74 bits per heavy atom. The minimum Gasteiger partial charge on any atom is -0.481 e. The fourth-order valence-electron chi connectivity index (χ4n) is 2.38. The number of rotatable bonds is 2. The normalized spacial score (nSPS) is 22.6. The van der Waals surface area contributed by atoms with Gasteiger partial charge in [-0.15, -0.1) is 0 Å². The van der Waals surface area contributed by atoms with E-state index < -0.39 is 11.9 Å². The molecule has 1 fully saturated rings. The van der Waals surface area contributed by atoms with Gasteiger partial charge in [0.2, 0.25) is 0 Å². The minimum absolute atomic E-state index is 0.220. The summed E-state index contributed by atoms with van der Waals surface area (Å²) in [4.78, 5) is 25.1. The van der Waals surface area contributed by atoms with Gasteiger partial charge in [0.1, 0.15) is 0 Å². The van der Waals surface area contributed by atoms with Crippen molar-refractivity contribution in [3.8, 4) is 0 Å². The highest BCUT2D eigenvalue weighted by atomic mass is 79.9. The van der Waals surface area contributed by atoms with Gasteiger partial charge in [-0.3, -0.25) is 9.59 Å². The molecule has 1 aromatic carbocycles. The SMILES string of the molecule is CC1C(C(=O)O)CCN1C(=O)c1cccc(Br)c1Cl. The molecule has 2 atom stereocenters. The molecule has 1 aromatic rings. The second-order valence-electron chi connectivity index (χ2n) is 4.57. The van der Waals surface area contributed by atoms with Gasteiger partial charge in [-0.05, 0) is 41.4 Å². The Labute approximate surface area is 124 Å². The number of nitrogens with zero attached hydrogens (tertiary/aromatic N) is 1. The van der Waals surface area contributed by atoms with Crippen LogP contribution in [-0.2, 0) is 4.79 Å². The lowest BCUT2D eigenvalue weighted by Gasteiger charge is -2.23. The van der Waals surface area contributed by atoms with Crippen molar-refractivity contribution < 1.29 is 14.7 Å². The predicted molar refractivity (Wildman–Crippen MR) is 75.4 cm³/mol. The Morgan fingerprint density at radius 2 is 2.16 bits per heavy atom. The molecule has 0 saturated carbocycles. The molecule has 2 rings (SSSR count). The summed E-state index contributed by atoms with van der Waals surface area (Å²) in [6.07, 6.45) is 0.480. The number of hydrogen-bond acceptors (Lipinski definition) is 2. The molecule has 0 radical (unpaired) electrons. The van der Waals surface area contributed by atoms with Crippen LogP contribution in [0.15, 0.2) is 22.7 Å². The van der Waals surface area contributed by atoms with E-state index >= 15 is 0 Å². The van der Waals surface area contributed by atoms with Crippen molar-refractivity contribution in [1.82, 2.24) is 4.90 Å². The van der Waals surface area contributed by atoms with Gasteiger partial charge in [-0.25, -0.2) is 0 Å². The highest BCUT2D eigenvalue weighted by molar-refractivity contribution is 9.10. The lowest BCUT2D eigenvalue weighted by Crippen LogP contribution is -2.37. The van der Waals surface area contributed by atoms with Crippen LogP contribution >= 0.6 is 27.5 Å². The van der Waals surface area contributed by atoms with E-state index in [9.17, 15) is 9.59 Å². The molecular formula is C13H13BrClNO3. The number of carbonyl (C=O) groups excluding carboxylic acids is 1. The van der Waals surface area contributed by atoms with Crippen molar-refractivity contribution in [1.29, 1.82) is 0 Å². The second kappa shape index (κ2) is 5.51. The smallest absolute Gasteiger partial charge is 0.308 e. The minimum atomic E-state index is -0.858. The van der Waals surface area contributed by atoms with Crippen LogP contribution in [0.3, 0.4) is 0 Å². The molecule has 4 nitrogen and oxygen atoms in total. The number of carboxylic acid groups (broad SMARTS) is 1. The summed E-state index contributed by atoms with van der Waals surface area (Å²) in [6.45, 7) is 2.20. The Balaban J connectivity index is 2.26. The monoisotopic (exact) mass is 345 g/mol. The molecule has 102 valence electrons. The number of amides is 1. The average molecular weight is 347 g/mol. The number of halogens is 2. The molecule has 1 saturated heterocycles. The van der Waals surface area contributed by atoms with E-state index in [-0.39, 0.29) is 11.9 Å². The number of aliphatic carboxylic acids is 1. The fraction of sp³-hybridized carbons (Fsp3) is 0.385. The van der Waals surface area contributed by atoms with Crippen molar-refractivity contribution in [2.24, 2.45) is 5.92 Å². The first kappa shape index (κ1) is 14.3. The van der Waals surface area contributed by atoms with E-state index in [0.29, 0.717) is 28.0 Å². The first-order chi connectivity index (χ1) is 8.93. The molecule has 0 bridgehead atoms. The molecule has 1 aliphatic rings. The number of likely N-dealkylation sites (tertiary alicyclic amines) is 1. The first-order valence-corrected chi connectivity index (χ1v) is 7.08. The van der Waals surface area contributed by atoms with Gasteiger partial charge < -0.3 is 10.0 Å². The maximum absolute atomic E-state index is 12.4. The van der Waals surface area contributed by atoms with E-state index in [4.69, 9.17) is 16.7 Å². The molecule has 2 unspecified atom stereocenters. The molecule has 0 spiro atoms. The third-order valence-electron chi connectivity index (χ3n) is 3.52. The molecule has 0 aromatic heterocycles. The topological polar surface area (TPSA) is 57.6 Å². The first-order valence-electron chi connectivity index (χ1n) is 5.91. The maximum Gasteiger partial charge on any atom is 0.308 e. The van der Waals surface area contributed by atoms with Crippen molar-refractivity contribution in [3.05, 3.63) is 33.3 Å². The van der Waals surface area contributed by atoms with Crippen LogP contribution in [0.2, 0.25) is 5.02 Å². The maximum atomic E-state index is 12.4. The molecular weight excluding hydrogens is 334 g/mol. The van der Waals surface area contributed by atoms with Crippen LogP contribution in [0.5, 0.6) is 0 Å². The number of benzene rings is 1. The van der Waals surface area contributed by atoms with Gasteiger partial charge in [0.05, 0.1) is 16.5 Å². The Hall–Kier alpha value is -1.07. The van der Waals surface area contributed by atoms with E-state index in [0.717, 1.165) is 0 Å². The third-order valence-corrected chi connectivity index (χ3v) is 4.81. The molecule has 1 heterocycles. The Bertz CT molecular complexity index is 535. The van der Waals surface area contributed by atoms with Crippen LogP contribution in [0.1, 0.15) is 23.7 Å². The molecule has 19 heavy (non-hydrogen) atoms. The molecule has 6 heteroatoms. The van der Waals surface area contributed by atoms with Crippen molar-refractivity contribution in [2.75, 3.05) is 6.54 Å². The molecule has 1 amide bonds. The van der Waals surface area contributed by atoms with E-state index in [1.807, 2.05) is 0 Å². The molecule has 1 N–H and O–H groups in total. The van der Waals surface area contributed by atoms with Crippen LogP contribution in [-0.4, -0.2) is 34.5 Å². The quantitative estimate of drug-likeness (QED) is 0.895. The average Bonchev–Trinajstić information content (AvgIpc) is 2.74. The second-order valence-corrected chi connectivity index (χ2v) is 5.81. The lowest BCUT2D eigenvalue weighted by molar-refractivity contribution is -0.142. The summed E-state index contributed by atoms with van der Waals surface area (Å²) in [7, 11) is 0. The highest BCUT2D eigenvalue weighted by Gasteiger charge is 2.38. The van der Waals surface area contributed by atoms with Crippen molar-refractivity contribution in [3.63, 3.8) is 0 Å². The Kier molecular flexibility index (Phi) is 4.16. The standard InChI is InChI=1S/C13H13BrClNO3/c1-7-8(13(18)19)5-6-16(7)12(17)9-3-2-4-10(14)11(9)15/h2-4,7-8H,5-6H2,1H3,(H,18,19). The van der Waals surface area contributed by atoms with E-state index in [1.54, 1.807) is 30.0 Å². The zero-order chi connectivity index (χ0) is 14.2. The van der Waals surface area contributed by atoms with Gasteiger partial charge in [0, 0.05) is 17.1 Å². The van der Waals surface area contributed by atoms with E-state index in [2.05, 4.69) is 15.9 Å². The summed E-state index contributed by atoms with van der Waals surface area (Å²) >= 11 is 9.38. The number of hydrogen-bond donors (Lipinski definition) is 1. The van der Waals surface area contributed by atoms with Gasteiger partial charge in [0.25, 0.3) is 5.91 Å². The molecule has 1 aliphatic heterocycles.